The van der Waals surface area contributed by atoms with Crippen molar-refractivity contribution in [3.05, 3.63) is 54.5 Å². The molecule has 0 aliphatic carbocycles. The van der Waals surface area contributed by atoms with Crippen molar-refractivity contribution in [1.29, 1.82) is 0 Å². The molecule has 0 atom stereocenters. The number of carbonyl (C=O) groups excluding carboxylic acids is 1. The van der Waals surface area contributed by atoms with Crippen molar-refractivity contribution < 1.29 is 9.21 Å². The van der Waals surface area contributed by atoms with Crippen molar-refractivity contribution in [2.75, 3.05) is 11.9 Å². The van der Waals surface area contributed by atoms with E-state index in [4.69, 9.17) is 4.42 Å². The number of para-hydroxylation sites is 1. The molecule has 1 aromatic heterocycles. The van der Waals surface area contributed by atoms with Crippen molar-refractivity contribution in [1.82, 2.24) is 0 Å². The standard InChI is InChI=1S/C13H13NO2/c15-13(8-11-6-7-16-10-11)9-14-12-4-2-1-3-5-12/h1-7,10,14H,8-9H2. The van der Waals surface area contributed by atoms with Crippen LogP contribution in [0.5, 0.6) is 0 Å². The smallest absolute Gasteiger partial charge is 0.156 e. The van der Waals surface area contributed by atoms with Crippen molar-refractivity contribution in [3.8, 4) is 0 Å². The Bertz CT molecular complexity index is 434. The lowest BCUT2D eigenvalue weighted by Crippen LogP contribution is -2.15. The van der Waals surface area contributed by atoms with Gasteiger partial charge in [-0.2, -0.15) is 0 Å². The summed E-state index contributed by atoms with van der Waals surface area (Å²) >= 11 is 0. The van der Waals surface area contributed by atoms with E-state index in [1.165, 1.54) is 0 Å². The Labute approximate surface area is 94.1 Å². The molecule has 0 radical (unpaired) electrons. The first-order chi connectivity index (χ1) is 7.84. The lowest BCUT2D eigenvalue weighted by atomic mass is 10.2. The number of hydrogen-bond acceptors (Lipinski definition) is 3. The SMILES string of the molecule is O=C(CNc1ccccc1)Cc1ccoc1. The van der Waals surface area contributed by atoms with Gasteiger partial charge in [0.1, 0.15) is 0 Å². The van der Waals surface area contributed by atoms with Crippen LogP contribution >= 0.6 is 0 Å². The zero-order valence-corrected chi connectivity index (χ0v) is 8.85. The number of carbonyl (C=O) groups is 1. The molecule has 1 N–H and O–H groups in total. The second-order valence-corrected chi connectivity index (χ2v) is 3.57. The first kappa shape index (κ1) is 10.5. The summed E-state index contributed by atoms with van der Waals surface area (Å²) in [6.07, 6.45) is 3.59. The van der Waals surface area contributed by atoms with Crippen LogP contribution in [0.1, 0.15) is 5.56 Å². The highest BCUT2D eigenvalue weighted by Gasteiger charge is 2.04. The van der Waals surface area contributed by atoms with Crippen LogP contribution in [0.15, 0.2) is 53.3 Å². The lowest BCUT2D eigenvalue weighted by Gasteiger charge is -2.04. The molecule has 1 heterocycles. The minimum Gasteiger partial charge on any atom is -0.472 e. The fraction of sp³-hybridized carbons (Fsp3) is 0.154. The number of nitrogens with one attached hydrogen (secondary N) is 1. The number of furan rings is 1. The monoisotopic (exact) mass is 215 g/mol. The van der Waals surface area contributed by atoms with Crippen molar-refractivity contribution in [3.63, 3.8) is 0 Å². The average Bonchev–Trinajstić information content (AvgIpc) is 2.81. The molecule has 1 aromatic carbocycles. The van der Waals surface area contributed by atoms with E-state index in [1.807, 2.05) is 30.3 Å². The summed E-state index contributed by atoms with van der Waals surface area (Å²) in [5.41, 5.74) is 1.88. The third-order valence-corrected chi connectivity index (χ3v) is 2.24. The number of hydrogen-bond donors (Lipinski definition) is 1. The van der Waals surface area contributed by atoms with Gasteiger partial charge in [-0.15, -0.1) is 0 Å². The second kappa shape index (κ2) is 5.16. The van der Waals surface area contributed by atoms with Crippen LogP contribution in [0.2, 0.25) is 0 Å². The highest BCUT2D eigenvalue weighted by Crippen LogP contribution is 2.05. The molecule has 3 heteroatoms. The summed E-state index contributed by atoms with van der Waals surface area (Å²) in [5, 5.41) is 3.08. The van der Waals surface area contributed by atoms with Gasteiger partial charge >= 0.3 is 0 Å². The van der Waals surface area contributed by atoms with E-state index >= 15 is 0 Å². The Morgan fingerprint density at radius 2 is 2.00 bits per heavy atom. The first-order valence-electron chi connectivity index (χ1n) is 5.16. The van der Waals surface area contributed by atoms with Gasteiger partial charge in [0, 0.05) is 12.1 Å². The fourth-order valence-electron chi connectivity index (χ4n) is 1.44. The third kappa shape index (κ3) is 2.98. The predicted octanol–water partition coefficient (Wildman–Crippen LogP) is 2.50. The zero-order chi connectivity index (χ0) is 11.2. The molecule has 16 heavy (non-hydrogen) atoms. The summed E-state index contributed by atoms with van der Waals surface area (Å²) in [6.45, 7) is 0.342. The van der Waals surface area contributed by atoms with Crippen LogP contribution in [0.25, 0.3) is 0 Å². The quantitative estimate of drug-likeness (QED) is 0.833. The molecule has 0 unspecified atom stereocenters. The van der Waals surface area contributed by atoms with Gasteiger partial charge in [0.2, 0.25) is 0 Å². The van der Waals surface area contributed by atoms with Crippen molar-refractivity contribution in [2.45, 2.75) is 6.42 Å². The summed E-state index contributed by atoms with van der Waals surface area (Å²) in [7, 11) is 0. The predicted molar refractivity (Wildman–Crippen MR) is 62.4 cm³/mol. The van der Waals surface area contributed by atoms with Crippen LogP contribution in [-0.4, -0.2) is 12.3 Å². The zero-order valence-electron chi connectivity index (χ0n) is 8.85. The molecule has 2 rings (SSSR count). The van der Waals surface area contributed by atoms with E-state index in [0.29, 0.717) is 13.0 Å². The molecule has 0 bridgehead atoms. The summed E-state index contributed by atoms with van der Waals surface area (Å²) in [5.74, 6) is 0.144. The van der Waals surface area contributed by atoms with Crippen molar-refractivity contribution >= 4 is 11.5 Å². The molecule has 0 amide bonds. The van der Waals surface area contributed by atoms with Crippen LogP contribution < -0.4 is 5.32 Å². The van der Waals surface area contributed by atoms with E-state index in [2.05, 4.69) is 5.32 Å². The van der Waals surface area contributed by atoms with E-state index in [9.17, 15) is 4.79 Å². The maximum Gasteiger partial charge on any atom is 0.156 e. The molecule has 3 nitrogen and oxygen atoms in total. The molecule has 0 spiro atoms. The Morgan fingerprint density at radius 3 is 2.69 bits per heavy atom. The van der Waals surface area contributed by atoms with Gasteiger partial charge in [0.05, 0.1) is 19.1 Å². The van der Waals surface area contributed by atoms with Gasteiger partial charge in [-0.3, -0.25) is 4.79 Å². The summed E-state index contributed by atoms with van der Waals surface area (Å²) in [6, 6.07) is 11.5. The Balaban J connectivity index is 1.80. The Kier molecular flexibility index (Phi) is 3.38. The van der Waals surface area contributed by atoms with Gasteiger partial charge in [-0.1, -0.05) is 18.2 Å². The van der Waals surface area contributed by atoms with Gasteiger partial charge in [0.15, 0.2) is 5.78 Å². The number of ketones is 1. The fourth-order valence-corrected chi connectivity index (χ4v) is 1.44. The van der Waals surface area contributed by atoms with Crippen LogP contribution in [0, 0.1) is 0 Å². The Morgan fingerprint density at radius 1 is 1.19 bits per heavy atom. The highest BCUT2D eigenvalue weighted by molar-refractivity contribution is 5.84. The van der Waals surface area contributed by atoms with E-state index in [1.54, 1.807) is 18.6 Å². The van der Waals surface area contributed by atoms with Gasteiger partial charge in [-0.25, -0.2) is 0 Å². The molecule has 0 aliphatic heterocycles. The molecule has 82 valence electrons. The minimum absolute atomic E-state index is 0.144. The van der Waals surface area contributed by atoms with E-state index in [-0.39, 0.29) is 5.78 Å². The van der Waals surface area contributed by atoms with Gasteiger partial charge in [0.25, 0.3) is 0 Å². The number of benzene rings is 1. The molecule has 0 saturated heterocycles. The summed E-state index contributed by atoms with van der Waals surface area (Å²) in [4.78, 5) is 11.6. The lowest BCUT2D eigenvalue weighted by molar-refractivity contribution is -0.116. The Hall–Kier alpha value is -2.03. The maximum atomic E-state index is 11.6. The average molecular weight is 215 g/mol. The summed E-state index contributed by atoms with van der Waals surface area (Å²) < 4.78 is 4.91. The molecule has 0 saturated carbocycles. The minimum atomic E-state index is 0.144. The van der Waals surface area contributed by atoms with Gasteiger partial charge < -0.3 is 9.73 Å². The molecular formula is C13H13NO2. The number of anilines is 1. The second-order valence-electron chi connectivity index (χ2n) is 3.57. The normalized spacial score (nSPS) is 10.0. The molecule has 0 fully saturated rings. The van der Waals surface area contributed by atoms with Crippen LogP contribution in [-0.2, 0) is 11.2 Å². The first-order valence-corrected chi connectivity index (χ1v) is 5.16. The number of Topliss-reactive ketones (excluding diaryl/α,β-unsaturated/α-hetero) is 1. The van der Waals surface area contributed by atoms with E-state index in [0.717, 1.165) is 11.3 Å². The third-order valence-electron chi connectivity index (χ3n) is 2.24. The molecule has 0 aliphatic rings. The van der Waals surface area contributed by atoms with E-state index < -0.39 is 0 Å². The van der Waals surface area contributed by atoms with Crippen LogP contribution in [0.3, 0.4) is 0 Å². The van der Waals surface area contributed by atoms with Crippen LogP contribution in [0.4, 0.5) is 5.69 Å². The topological polar surface area (TPSA) is 42.2 Å². The van der Waals surface area contributed by atoms with Gasteiger partial charge in [-0.05, 0) is 23.8 Å². The largest absolute Gasteiger partial charge is 0.472 e. The molecule has 2 aromatic rings. The maximum absolute atomic E-state index is 11.6. The number of rotatable bonds is 5. The molecular weight excluding hydrogens is 202 g/mol. The van der Waals surface area contributed by atoms with Crippen molar-refractivity contribution in [2.24, 2.45) is 0 Å². The highest BCUT2D eigenvalue weighted by atomic mass is 16.3.